The minimum absolute atomic E-state index is 0.180. The maximum atomic E-state index is 8.40. The number of hydrogen-bond donors (Lipinski definition) is 0. The van der Waals surface area contributed by atoms with Crippen molar-refractivity contribution in [2.24, 2.45) is 0 Å². The summed E-state index contributed by atoms with van der Waals surface area (Å²) >= 11 is 0. The van der Waals surface area contributed by atoms with Crippen LogP contribution in [-0.2, 0) is 10.8 Å². The van der Waals surface area contributed by atoms with Crippen molar-refractivity contribution in [3.8, 4) is 0 Å². The van der Waals surface area contributed by atoms with Gasteiger partial charge in [0, 0.05) is 12.3 Å². The molecule has 0 unspecified atom stereocenters. The Labute approximate surface area is 107 Å². The van der Waals surface area contributed by atoms with Crippen LogP contribution in [0, 0.1) is 0 Å². The lowest BCUT2D eigenvalue weighted by Gasteiger charge is -2.24. The summed E-state index contributed by atoms with van der Waals surface area (Å²) in [6.45, 7) is -6.23. The molecule has 0 spiro atoms. The van der Waals surface area contributed by atoms with Crippen LogP contribution in [-0.4, -0.2) is 0 Å². The van der Waals surface area contributed by atoms with E-state index in [1.807, 2.05) is 0 Å². The van der Waals surface area contributed by atoms with Crippen LogP contribution in [0.4, 0.5) is 0 Å². The minimum atomic E-state index is -3.64. The Morgan fingerprint density at radius 1 is 1.00 bits per heavy atom. The molecular weight excluding hydrogens is 168 g/mol. The fourth-order valence-corrected chi connectivity index (χ4v) is 0.906. The average molecular weight is 203 g/mol. The summed E-state index contributed by atoms with van der Waals surface area (Å²) in [6, 6.07) is -3.19. The van der Waals surface area contributed by atoms with Gasteiger partial charge < -0.3 is 0 Å². The van der Waals surface area contributed by atoms with Crippen molar-refractivity contribution in [3.63, 3.8) is 0 Å². The molecule has 0 heteroatoms. The van der Waals surface area contributed by atoms with E-state index >= 15 is 0 Å². The zero-order valence-corrected chi connectivity index (χ0v) is 8.50. The number of rotatable bonds is 0. The van der Waals surface area contributed by atoms with Gasteiger partial charge in [-0.05, 0) is 22.0 Å². The van der Waals surface area contributed by atoms with E-state index in [4.69, 9.17) is 17.8 Å². The highest BCUT2D eigenvalue weighted by Gasteiger charge is 2.18. The Kier molecular flexibility index (Phi) is 0.701. The van der Waals surface area contributed by atoms with Crippen molar-refractivity contribution < 1.29 is 17.8 Å². The molecule has 0 fully saturated rings. The molecule has 0 saturated carbocycles. The number of benzene rings is 1. The maximum Gasteiger partial charge on any atom is 0.0629 e. The molecule has 1 aromatic carbocycles. The van der Waals surface area contributed by atoms with Crippen molar-refractivity contribution >= 4 is 0 Å². The van der Waals surface area contributed by atoms with E-state index in [0.717, 1.165) is 0 Å². The van der Waals surface area contributed by atoms with E-state index in [2.05, 4.69) is 0 Å². The first-order chi connectivity index (χ1) is 11.6. The van der Waals surface area contributed by atoms with Gasteiger partial charge in [-0.25, -0.2) is 0 Å². The van der Waals surface area contributed by atoms with Crippen LogP contribution in [0.2, 0.25) is 0 Å². The number of hydrogen-bond acceptors (Lipinski definition) is 0. The SMILES string of the molecule is [2H]c1c([2H])c(C(C)(C)C)c([2H])c(C(C([2H])([2H])[2H])(C([2H])([2H])[2H])C([2H])([2H])[2H])c1[2H]. The molecule has 0 aliphatic heterocycles. The Bertz CT molecular complexity index is 692. The predicted molar refractivity (Wildman–Crippen MR) is 63.8 cm³/mol. The Hall–Kier alpha value is -0.780. The van der Waals surface area contributed by atoms with Crippen LogP contribution in [0.25, 0.3) is 0 Å². The van der Waals surface area contributed by atoms with Crippen molar-refractivity contribution in [2.75, 3.05) is 0 Å². The highest BCUT2D eigenvalue weighted by molar-refractivity contribution is 5.32. The molecule has 0 heterocycles. The molecule has 1 rings (SSSR count). The monoisotopic (exact) mass is 203 g/mol. The lowest BCUT2D eigenvalue weighted by Crippen LogP contribution is -2.15. The van der Waals surface area contributed by atoms with Crippen molar-refractivity contribution in [1.29, 1.82) is 0 Å². The van der Waals surface area contributed by atoms with Crippen molar-refractivity contribution in [1.82, 2.24) is 0 Å². The van der Waals surface area contributed by atoms with Crippen LogP contribution >= 0.6 is 0 Å². The standard InChI is InChI=1S/C14H22/c1-13(2,3)11-8-7-9-12(10-11)14(4,5)6/h7-10H,1-6H3/i1D3,2D3,3D3,7D,8D,9D,10D. The van der Waals surface area contributed by atoms with Gasteiger partial charge in [0.25, 0.3) is 0 Å². The third-order valence-corrected chi connectivity index (χ3v) is 1.75. The van der Waals surface area contributed by atoms with Gasteiger partial charge in [-0.3, -0.25) is 0 Å². The molecule has 0 saturated heterocycles. The third-order valence-electron chi connectivity index (χ3n) is 1.75. The predicted octanol–water partition coefficient (Wildman–Crippen LogP) is 4.28. The molecule has 78 valence electrons. The Morgan fingerprint density at radius 3 is 1.93 bits per heavy atom. The van der Waals surface area contributed by atoms with Gasteiger partial charge in [-0.15, -0.1) is 0 Å². The second-order valence-corrected chi connectivity index (χ2v) is 4.25. The maximum absolute atomic E-state index is 8.40. The minimum Gasteiger partial charge on any atom is -0.0617 e. The molecular formula is C14H22. The molecule has 0 N–H and O–H groups in total. The topological polar surface area (TPSA) is 0 Å². The van der Waals surface area contributed by atoms with Crippen LogP contribution in [0.1, 0.15) is 70.3 Å². The van der Waals surface area contributed by atoms with Gasteiger partial charge >= 0.3 is 0 Å². The zero-order valence-electron chi connectivity index (χ0n) is 21.5. The molecule has 0 nitrogen and oxygen atoms in total. The van der Waals surface area contributed by atoms with Gasteiger partial charge in [0.15, 0.2) is 0 Å². The van der Waals surface area contributed by atoms with Gasteiger partial charge in [0.2, 0.25) is 0 Å². The summed E-state index contributed by atoms with van der Waals surface area (Å²) in [6.07, 6.45) is 0. The third kappa shape index (κ3) is 2.60. The van der Waals surface area contributed by atoms with E-state index in [1.54, 1.807) is 20.8 Å². The summed E-state index contributed by atoms with van der Waals surface area (Å²) in [4.78, 5) is 0. The molecule has 0 bridgehead atoms. The summed E-state index contributed by atoms with van der Waals surface area (Å²) in [5.74, 6) is 0. The fourth-order valence-electron chi connectivity index (χ4n) is 0.906. The first-order valence-electron chi connectivity index (χ1n) is 10.8. The molecule has 0 aromatic heterocycles. The van der Waals surface area contributed by atoms with Crippen molar-refractivity contribution in [2.45, 2.75) is 52.2 Å². The highest BCUT2D eigenvalue weighted by Crippen LogP contribution is 2.28. The van der Waals surface area contributed by atoms with Gasteiger partial charge in [0.05, 0.1) is 5.48 Å². The molecule has 0 amide bonds. The molecule has 0 radical (unpaired) electrons. The Morgan fingerprint density at radius 2 is 1.50 bits per heavy atom. The fraction of sp³-hybridized carbons (Fsp3) is 0.571. The van der Waals surface area contributed by atoms with Crippen molar-refractivity contribution in [3.05, 3.63) is 35.3 Å². The van der Waals surface area contributed by atoms with E-state index in [9.17, 15) is 0 Å². The summed E-state index contributed by atoms with van der Waals surface area (Å²) in [7, 11) is 0. The lowest BCUT2D eigenvalue weighted by molar-refractivity contribution is 0.568. The first kappa shape index (κ1) is 2.87. The zero-order chi connectivity index (χ0) is 22.0. The van der Waals surface area contributed by atoms with Gasteiger partial charge in [0.1, 0.15) is 0 Å². The molecule has 0 aliphatic carbocycles. The van der Waals surface area contributed by atoms with Crippen LogP contribution in [0.5, 0.6) is 0 Å². The second kappa shape index (κ2) is 3.42. The molecule has 0 atom stereocenters. The van der Waals surface area contributed by atoms with E-state index in [1.165, 1.54) is 0 Å². The quantitative estimate of drug-likeness (QED) is 0.590. The van der Waals surface area contributed by atoms with Crippen LogP contribution < -0.4 is 0 Å². The average Bonchev–Trinajstić information content (AvgIpc) is 2.34. The normalized spacial score (nSPS) is 29.2. The largest absolute Gasteiger partial charge is 0.0629 e. The van der Waals surface area contributed by atoms with E-state index in [0.29, 0.717) is 0 Å². The molecule has 0 aliphatic rings. The second-order valence-electron chi connectivity index (χ2n) is 4.25. The highest BCUT2D eigenvalue weighted by atomic mass is 14.2. The van der Waals surface area contributed by atoms with E-state index in [-0.39, 0.29) is 5.56 Å². The Balaban J connectivity index is 4.42. The molecule has 1 aromatic rings. The smallest absolute Gasteiger partial charge is 0.0617 e. The van der Waals surface area contributed by atoms with Crippen LogP contribution in [0.3, 0.4) is 0 Å². The van der Waals surface area contributed by atoms with E-state index < -0.39 is 61.1 Å². The lowest BCUT2D eigenvalue weighted by atomic mass is 9.81. The summed E-state index contributed by atoms with van der Waals surface area (Å²) in [5.41, 5.74) is -5.78. The molecule has 14 heavy (non-hydrogen) atoms. The van der Waals surface area contributed by atoms with Gasteiger partial charge in [-0.1, -0.05) is 65.5 Å². The summed E-state index contributed by atoms with van der Waals surface area (Å²) < 4.78 is 102. The van der Waals surface area contributed by atoms with Crippen LogP contribution in [0.15, 0.2) is 24.2 Å². The van der Waals surface area contributed by atoms with Gasteiger partial charge in [-0.2, -0.15) is 0 Å². The summed E-state index contributed by atoms with van der Waals surface area (Å²) in [5, 5.41) is 0. The first-order valence-corrected chi connectivity index (χ1v) is 4.25.